The molecule has 0 heterocycles. The topological polar surface area (TPSA) is 49.3 Å². The van der Waals surface area contributed by atoms with Gasteiger partial charge in [0.2, 0.25) is 0 Å². The van der Waals surface area contributed by atoms with E-state index in [1.54, 1.807) is 25.1 Å². The third-order valence-corrected chi connectivity index (χ3v) is 4.11. The first-order valence-corrected chi connectivity index (χ1v) is 6.66. The van der Waals surface area contributed by atoms with Gasteiger partial charge in [-0.2, -0.15) is 0 Å². The third-order valence-electron chi connectivity index (χ3n) is 4.11. The van der Waals surface area contributed by atoms with Crippen molar-refractivity contribution in [2.75, 3.05) is 6.54 Å². The van der Waals surface area contributed by atoms with Crippen LogP contribution in [0.5, 0.6) is 5.75 Å². The average molecular weight is 247 g/mol. The highest BCUT2D eigenvalue weighted by Gasteiger charge is 2.23. The number of benzene rings is 1. The largest absolute Gasteiger partial charge is 0.508 e. The molecular weight excluding hydrogens is 226 g/mol. The van der Waals surface area contributed by atoms with Gasteiger partial charge in [-0.05, 0) is 37.3 Å². The molecule has 0 saturated heterocycles. The zero-order valence-electron chi connectivity index (χ0n) is 11.1. The molecule has 1 aliphatic carbocycles. The number of phenols is 1. The average Bonchev–Trinajstić information content (AvgIpc) is 2.75. The first-order valence-electron chi connectivity index (χ1n) is 6.66. The standard InChI is InChI=1S/C15H21NO2/c1-10-5-3-6-12(10)9-16-15(18)13-7-4-8-14(17)11(13)2/h4,7-8,10,12,17H,3,5-6,9H2,1-2H3,(H,16,18). The second-order valence-electron chi connectivity index (χ2n) is 5.33. The fraction of sp³-hybridized carbons (Fsp3) is 0.533. The maximum Gasteiger partial charge on any atom is 0.251 e. The molecule has 3 nitrogen and oxygen atoms in total. The van der Waals surface area contributed by atoms with Crippen LogP contribution in [0.15, 0.2) is 18.2 Å². The van der Waals surface area contributed by atoms with Crippen LogP contribution in [0.2, 0.25) is 0 Å². The van der Waals surface area contributed by atoms with Crippen LogP contribution in [0.25, 0.3) is 0 Å². The zero-order valence-corrected chi connectivity index (χ0v) is 11.1. The second kappa shape index (κ2) is 5.42. The molecule has 1 aromatic carbocycles. The Bertz CT molecular complexity index is 442. The Kier molecular flexibility index (Phi) is 3.90. The number of aromatic hydroxyl groups is 1. The van der Waals surface area contributed by atoms with E-state index in [1.165, 1.54) is 19.3 Å². The van der Waals surface area contributed by atoms with Crippen molar-refractivity contribution in [3.05, 3.63) is 29.3 Å². The Hall–Kier alpha value is -1.51. The van der Waals surface area contributed by atoms with Gasteiger partial charge in [0.1, 0.15) is 5.75 Å². The summed E-state index contributed by atoms with van der Waals surface area (Å²) >= 11 is 0. The Labute approximate surface area is 108 Å². The molecule has 3 heteroatoms. The number of carbonyl (C=O) groups is 1. The number of hydrogen-bond acceptors (Lipinski definition) is 2. The van der Waals surface area contributed by atoms with Gasteiger partial charge < -0.3 is 10.4 Å². The normalized spacial score (nSPS) is 23.0. The van der Waals surface area contributed by atoms with Gasteiger partial charge in [0.05, 0.1) is 0 Å². The van der Waals surface area contributed by atoms with Gasteiger partial charge in [-0.3, -0.25) is 4.79 Å². The molecule has 0 spiro atoms. The number of amides is 1. The minimum atomic E-state index is -0.0810. The molecule has 0 bridgehead atoms. The summed E-state index contributed by atoms with van der Waals surface area (Å²) in [5.74, 6) is 1.40. The van der Waals surface area contributed by atoms with Crippen molar-refractivity contribution in [1.82, 2.24) is 5.32 Å². The molecule has 2 unspecified atom stereocenters. The lowest BCUT2D eigenvalue weighted by Crippen LogP contribution is -2.30. The first kappa shape index (κ1) is 12.9. The van der Waals surface area contributed by atoms with Crippen LogP contribution in [0.1, 0.15) is 42.1 Å². The summed E-state index contributed by atoms with van der Waals surface area (Å²) < 4.78 is 0. The molecule has 2 atom stereocenters. The van der Waals surface area contributed by atoms with Crippen molar-refractivity contribution in [2.24, 2.45) is 11.8 Å². The molecule has 0 radical (unpaired) electrons. The van der Waals surface area contributed by atoms with Crippen molar-refractivity contribution in [2.45, 2.75) is 33.1 Å². The molecular formula is C15H21NO2. The maximum absolute atomic E-state index is 12.1. The van der Waals surface area contributed by atoms with Crippen molar-refractivity contribution in [3.63, 3.8) is 0 Å². The number of hydrogen-bond donors (Lipinski definition) is 2. The minimum Gasteiger partial charge on any atom is -0.508 e. The van der Waals surface area contributed by atoms with Gasteiger partial charge in [0.15, 0.2) is 0 Å². The van der Waals surface area contributed by atoms with Crippen LogP contribution >= 0.6 is 0 Å². The zero-order chi connectivity index (χ0) is 13.1. The fourth-order valence-electron chi connectivity index (χ4n) is 2.71. The molecule has 18 heavy (non-hydrogen) atoms. The highest BCUT2D eigenvalue weighted by atomic mass is 16.3. The highest BCUT2D eigenvalue weighted by Crippen LogP contribution is 2.30. The molecule has 1 fully saturated rings. The van der Waals surface area contributed by atoms with Gasteiger partial charge >= 0.3 is 0 Å². The van der Waals surface area contributed by atoms with E-state index in [1.807, 2.05) is 0 Å². The number of rotatable bonds is 3. The summed E-state index contributed by atoms with van der Waals surface area (Å²) in [7, 11) is 0. The van der Waals surface area contributed by atoms with E-state index in [4.69, 9.17) is 0 Å². The van der Waals surface area contributed by atoms with Gasteiger partial charge in [0, 0.05) is 17.7 Å². The summed E-state index contributed by atoms with van der Waals surface area (Å²) in [5, 5.41) is 12.6. The predicted molar refractivity (Wildman–Crippen MR) is 71.7 cm³/mol. The minimum absolute atomic E-state index is 0.0810. The molecule has 1 amide bonds. The summed E-state index contributed by atoms with van der Waals surface area (Å²) in [6, 6.07) is 5.06. The molecule has 1 saturated carbocycles. The predicted octanol–water partition coefficient (Wildman–Crippen LogP) is 2.87. The number of phenolic OH excluding ortho intramolecular Hbond substituents is 1. The third kappa shape index (κ3) is 2.66. The Morgan fingerprint density at radius 1 is 1.44 bits per heavy atom. The van der Waals surface area contributed by atoms with Crippen molar-refractivity contribution in [1.29, 1.82) is 0 Å². The van der Waals surface area contributed by atoms with Gasteiger partial charge in [-0.1, -0.05) is 25.8 Å². The van der Waals surface area contributed by atoms with E-state index in [0.717, 1.165) is 6.54 Å². The molecule has 0 aromatic heterocycles. The van der Waals surface area contributed by atoms with Crippen LogP contribution in [-0.2, 0) is 0 Å². The molecule has 0 aliphatic heterocycles. The quantitative estimate of drug-likeness (QED) is 0.863. The van der Waals surface area contributed by atoms with E-state index in [0.29, 0.717) is 23.0 Å². The second-order valence-corrected chi connectivity index (χ2v) is 5.33. The van der Waals surface area contributed by atoms with E-state index in [-0.39, 0.29) is 11.7 Å². The van der Waals surface area contributed by atoms with Crippen molar-refractivity contribution in [3.8, 4) is 5.75 Å². The number of nitrogens with one attached hydrogen (secondary N) is 1. The molecule has 1 aliphatic rings. The molecule has 2 N–H and O–H groups in total. The smallest absolute Gasteiger partial charge is 0.251 e. The van der Waals surface area contributed by atoms with Gasteiger partial charge in [-0.15, -0.1) is 0 Å². The lowest BCUT2D eigenvalue weighted by atomic mass is 9.98. The van der Waals surface area contributed by atoms with E-state index < -0.39 is 0 Å². The monoisotopic (exact) mass is 247 g/mol. The van der Waals surface area contributed by atoms with Gasteiger partial charge in [0.25, 0.3) is 5.91 Å². The van der Waals surface area contributed by atoms with Crippen molar-refractivity contribution >= 4 is 5.91 Å². The lowest BCUT2D eigenvalue weighted by Gasteiger charge is -2.16. The van der Waals surface area contributed by atoms with Crippen LogP contribution in [0.3, 0.4) is 0 Å². The van der Waals surface area contributed by atoms with Gasteiger partial charge in [-0.25, -0.2) is 0 Å². The summed E-state index contributed by atoms with van der Waals surface area (Å²) in [6.45, 7) is 4.76. The Balaban J connectivity index is 1.97. The first-order chi connectivity index (χ1) is 8.59. The lowest BCUT2D eigenvalue weighted by molar-refractivity contribution is 0.0943. The Morgan fingerprint density at radius 3 is 2.89 bits per heavy atom. The van der Waals surface area contributed by atoms with E-state index >= 15 is 0 Å². The van der Waals surface area contributed by atoms with Crippen LogP contribution < -0.4 is 5.32 Å². The fourth-order valence-corrected chi connectivity index (χ4v) is 2.71. The summed E-state index contributed by atoms with van der Waals surface area (Å²) in [4.78, 5) is 12.1. The Morgan fingerprint density at radius 2 is 2.22 bits per heavy atom. The molecule has 2 rings (SSSR count). The SMILES string of the molecule is Cc1c(O)cccc1C(=O)NCC1CCCC1C. The molecule has 1 aromatic rings. The summed E-state index contributed by atoms with van der Waals surface area (Å²) in [5.41, 5.74) is 1.22. The number of carbonyl (C=O) groups excluding carboxylic acids is 1. The summed E-state index contributed by atoms with van der Waals surface area (Å²) in [6.07, 6.45) is 3.75. The van der Waals surface area contributed by atoms with E-state index in [2.05, 4.69) is 12.2 Å². The molecule has 98 valence electrons. The van der Waals surface area contributed by atoms with E-state index in [9.17, 15) is 9.90 Å². The van der Waals surface area contributed by atoms with Crippen LogP contribution in [0, 0.1) is 18.8 Å². The van der Waals surface area contributed by atoms with Crippen LogP contribution in [0.4, 0.5) is 0 Å². The maximum atomic E-state index is 12.1. The van der Waals surface area contributed by atoms with Crippen LogP contribution in [-0.4, -0.2) is 17.6 Å². The highest BCUT2D eigenvalue weighted by molar-refractivity contribution is 5.96. The van der Waals surface area contributed by atoms with Crippen molar-refractivity contribution < 1.29 is 9.90 Å².